The second kappa shape index (κ2) is 10.1. The number of rotatable bonds is 6. The van der Waals surface area contributed by atoms with E-state index < -0.39 is 5.41 Å². The number of nitrogens with two attached hydrogens (primary N) is 1. The van der Waals surface area contributed by atoms with E-state index in [2.05, 4.69) is 41.2 Å². The largest absolute Gasteiger partial charge is 0.345 e. The molecule has 0 saturated carbocycles. The average Bonchev–Trinajstić information content (AvgIpc) is 3.31. The van der Waals surface area contributed by atoms with E-state index in [1.807, 2.05) is 31.2 Å². The van der Waals surface area contributed by atoms with E-state index in [0.29, 0.717) is 17.5 Å². The molecule has 0 saturated heterocycles. The summed E-state index contributed by atoms with van der Waals surface area (Å²) in [6, 6.07) is 11.8. The fourth-order valence-corrected chi connectivity index (χ4v) is 5.41. The van der Waals surface area contributed by atoms with Crippen molar-refractivity contribution < 1.29 is 9.59 Å². The summed E-state index contributed by atoms with van der Waals surface area (Å²) in [7, 11) is 7.04. The number of H-pyrrole nitrogens is 1. The van der Waals surface area contributed by atoms with Gasteiger partial charge in [0.15, 0.2) is 0 Å². The number of carbonyl (C=O) groups is 2. The van der Waals surface area contributed by atoms with Crippen molar-refractivity contribution in [1.82, 2.24) is 25.0 Å². The van der Waals surface area contributed by atoms with Crippen molar-refractivity contribution >= 4 is 11.8 Å². The van der Waals surface area contributed by atoms with Gasteiger partial charge in [0.1, 0.15) is 11.6 Å². The summed E-state index contributed by atoms with van der Waals surface area (Å²) in [5.74, 6) is 1.64. The molecule has 0 radical (unpaired) electrons. The molecule has 2 amide bonds. The number of hydrogen-bond donors (Lipinski definition) is 2. The first-order valence-electron chi connectivity index (χ1n) is 12.8. The lowest BCUT2D eigenvalue weighted by Gasteiger charge is -2.36. The monoisotopic (exact) mass is 502 g/mol. The number of aryl methyl sites for hydroxylation is 2. The highest BCUT2D eigenvalue weighted by atomic mass is 16.2. The van der Waals surface area contributed by atoms with Crippen LogP contribution in [-0.2, 0) is 18.3 Å². The van der Waals surface area contributed by atoms with Crippen molar-refractivity contribution in [3.05, 3.63) is 81.4 Å². The SMILES string of the molecule is CC(C)c1nnc(C2(C[C@H](C)N)c3ccc(C(=O)N(C)C)cc3CCc3cc(C(=O)N(C)C)ccc32)[nH]1. The van der Waals surface area contributed by atoms with Crippen molar-refractivity contribution in [1.29, 1.82) is 0 Å². The van der Waals surface area contributed by atoms with Crippen molar-refractivity contribution in [2.75, 3.05) is 28.2 Å². The Morgan fingerprint density at radius 1 is 0.892 bits per heavy atom. The third-order valence-electron chi connectivity index (χ3n) is 7.18. The fourth-order valence-electron chi connectivity index (χ4n) is 5.41. The van der Waals surface area contributed by atoms with Gasteiger partial charge in [-0.2, -0.15) is 0 Å². The van der Waals surface area contributed by atoms with Crippen LogP contribution >= 0.6 is 0 Å². The van der Waals surface area contributed by atoms with E-state index in [1.54, 1.807) is 38.0 Å². The maximum absolute atomic E-state index is 12.8. The maximum Gasteiger partial charge on any atom is 0.253 e. The highest BCUT2D eigenvalue weighted by Crippen LogP contribution is 2.47. The molecule has 1 atom stereocenters. The van der Waals surface area contributed by atoms with Gasteiger partial charge in [-0.15, -0.1) is 10.2 Å². The Balaban J connectivity index is 2.04. The molecular weight excluding hydrogens is 464 g/mol. The smallest absolute Gasteiger partial charge is 0.253 e. The number of nitrogens with zero attached hydrogens (tertiary/aromatic N) is 4. The van der Waals surface area contributed by atoms with Gasteiger partial charge in [-0.25, -0.2) is 0 Å². The van der Waals surface area contributed by atoms with Crippen LogP contribution in [0, 0.1) is 0 Å². The lowest BCUT2D eigenvalue weighted by molar-refractivity contribution is 0.0820. The lowest BCUT2D eigenvalue weighted by Crippen LogP contribution is -2.38. The van der Waals surface area contributed by atoms with Crippen LogP contribution in [-0.4, -0.2) is 71.0 Å². The number of fused-ring (bicyclic) bond motifs is 2. The van der Waals surface area contributed by atoms with Crippen molar-refractivity contribution in [2.24, 2.45) is 5.73 Å². The molecule has 3 aromatic rings. The summed E-state index contributed by atoms with van der Waals surface area (Å²) in [6.07, 6.45) is 2.03. The number of amides is 2. The zero-order valence-electron chi connectivity index (χ0n) is 22.9. The minimum atomic E-state index is -0.713. The molecule has 1 heterocycles. The first-order chi connectivity index (χ1) is 17.5. The molecule has 0 aliphatic heterocycles. The molecular formula is C29H38N6O2. The first kappa shape index (κ1) is 26.5. The van der Waals surface area contributed by atoms with Crippen LogP contribution in [0.2, 0.25) is 0 Å². The highest BCUT2D eigenvalue weighted by Gasteiger charge is 2.45. The van der Waals surface area contributed by atoms with Crippen molar-refractivity contribution in [3.8, 4) is 0 Å². The Morgan fingerprint density at radius 2 is 1.38 bits per heavy atom. The van der Waals surface area contributed by atoms with E-state index in [4.69, 9.17) is 5.73 Å². The van der Waals surface area contributed by atoms with Gasteiger partial charge < -0.3 is 20.5 Å². The molecule has 4 rings (SSSR count). The Kier molecular flexibility index (Phi) is 7.24. The summed E-state index contributed by atoms with van der Waals surface area (Å²) in [6.45, 7) is 6.16. The maximum atomic E-state index is 12.8. The zero-order chi connectivity index (χ0) is 27.1. The Bertz CT molecular complexity index is 1250. The van der Waals surface area contributed by atoms with Crippen molar-refractivity contribution in [3.63, 3.8) is 0 Å². The Labute approximate surface area is 219 Å². The molecule has 3 N–H and O–H groups in total. The molecule has 1 aliphatic rings. The van der Waals surface area contributed by atoms with Gasteiger partial charge in [0.05, 0.1) is 5.41 Å². The quantitative estimate of drug-likeness (QED) is 0.536. The molecule has 0 bridgehead atoms. The molecule has 0 unspecified atom stereocenters. The summed E-state index contributed by atoms with van der Waals surface area (Å²) in [5, 5.41) is 9.18. The molecule has 2 aromatic carbocycles. The third kappa shape index (κ3) is 4.78. The number of benzene rings is 2. The minimum absolute atomic E-state index is 0.0389. The first-order valence-corrected chi connectivity index (χ1v) is 12.8. The van der Waals surface area contributed by atoms with Gasteiger partial charge in [-0.05, 0) is 72.7 Å². The number of nitrogens with one attached hydrogen (secondary N) is 1. The Morgan fingerprint density at radius 3 is 1.76 bits per heavy atom. The number of carbonyl (C=O) groups excluding carboxylic acids is 2. The van der Waals surface area contributed by atoms with Crippen LogP contribution in [0.25, 0.3) is 0 Å². The molecule has 0 spiro atoms. The van der Waals surface area contributed by atoms with E-state index in [9.17, 15) is 9.59 Å². The van der Waals surface area contributed by atoms with E-state index in [-0.39, 0.29) is 23.8 Å². The zero-order valence-corrected chi connectivity index (χ0v) is 22.9. The number of aromatic amines is 1. The van der Waals surface area contributed by atoms with Crippen LogP contribution in [0.15, 0.2) is 36.4 Å². The normalized spacial score (nSPS) is 14.9. The number of hydrogen-bond acceptors (Lipinski definition) is 5. The molecule has 196 valence electrons. The summed E-state index contributed by atoms with van der Waals surface area (Å²) in [4.78, 5) is 32.4. The van der Waals surface area contributed by atoms with Gasteiger partial charge in [0, 0.05) is 51.3 Å². The molecule has 1 aromatic heterocycles. The predicted molar refractivity (Wildman–Crippen MR) is 145 cm³/mol. The average molecular weight is 503 g/mol. The second-order valence-corrected chi connectivity index (χ2v) is 10.9. The van der Waals surface area contributed by atoms with Gasteiger partial charge in [-0.1, -0.05) is 26.0 Å². The van der Waals surface area contributed by atoms with Gasteiger partial charge in [0.2, 0.25) is 0 Å². The molecule has 8 heteroatoms. The van der Waals surface area contributed by atoms with E-state index in [1.165, 1.54) is 0 Å². The van der Waals surface area contributed by atoms with Crippen LogP contribution in [0.3, 0.4) is 0 Å². The van der Waals surface area contributed by atoms with E-state index >= 15 is 0 Å². The Hall–Kier alpha value is -3.52. The molecule has 0 fully saturated rings. The van der Waals surface area contributed by atoms with Gasteiger partial charge in [-0.3, -0.25) is 9.59 Å². The summed E-state index contributed by atoms with van der Waals surface area (Å²) in [5.41, 5.74) is 11.4. The highest BCUT2D eigenvalue weighted by molar-refractivity contribution is 5.95. The molecule has 37 heavy (non-hydrogen) atoms. The fraction of sp³-hybridized carbons (Fsp3) is 0.448. The third-order valence-corrected chi connectivity index (χ3v) is 7.18. The van der Waals surface area contributed by atoms with Crippen molar-refractivity contribution in [2.45, 2.75) is 57.4 Å². The van der Waals surface area contributed by atoms with Crippen LogP contribution < -0.4 is 5.73 Å². The van der Waals surface area contributed by atoms with Crippen LogP contribution in [0.1, 0.15) is 87.7 Å². The predicted octanol–water partition coefficient (Wildman–Crippen LogP) is 3.50. The lowest BCUT2D eigenvalue weighted by atomic mass is 9.68. The summed E-state index contributed by atoms with van der Waals surface area (Å²) < 4.78 is 0. The summed E-state index contributed by atoms with van der Waals surface area (Å²) >= 11 is 0. The van der Waals surface area contributed by atoms with E-state index in [0.717, 1.165) is 46.7 Å². The van der Waals surface area contributed by atoms with Crippen LogP contribution in [0.4, 0.5) is 0 Å². The number of aromatic nitrogens is 3. The molecule has 8 nitrogen and oxygen atoms in total. The standard InChI is InChI=1S/C29H38N6O2/c1-17(2)25-31-28(33-32-25)29(16-18(3)30)23-12-10-21(26(36)34(4)5)14-19(23)8-9-20-15-22(11-13-24(20)29)27(37)35(6)7/h10-15,17-18H,8-9,16,30H2,1-7H3,(H,31,32,33)/t18-/m0/s1. The van der Waals surface area contributed by atoms with Crippen LogP contribution in [0.5, 0.6) is 0 Å². The topological polar surface area (TPSA) is 108 Å². The van der Waals surface area contributed by atoms with Gasteiger partial charge in [0.25, 0.3) is 11.8 Å². The molecule has 1 aliphatic carbocycles. The minimum Gasteiger partial charge on any atom is -0.345 e. The second-order valence-electron chi connectivity index (χ2n) is 10.9. The van der Waals surface area contributed by atoms with Gasteiger partial charge >= 0.3 is 0 Å².